The molecule has 4 aromatic rings. The number of carbonyl (C=O) groups excluding carboxylic acids is 2. The predicted octanol–water partition coefficient (Wildman–Crippen LogP) is 5.08. The van der Waals surface area contributed by atoms with E-state index < -0.39 is 0 Å². The number of likely N-dealkylation sites (tertiary alicyclic amines) is 1. The minimum absolute atomic E-state index is 0.0110. The number of nitrogens with zero attached hydrogens (tertiary/aromatic N) is 4. The molecular formula is C27H29N5O2S. The Morgan fingerprint density at radius 2 is 1.83 bits per heavy atom. The van der Waals surface area contributed by atoms with Gasteiger partial charge in [0, 0.05) is 35.6 Å². The first kappa shape index (κ1) is 23.2. The van der Waals surface area contributed by atoms with E-state index in [0.717, 1.165) is 34.4 Å². The lowest BCUT2D eigenvalue weighted by molar-refractivity contribution is 0.0700. The van der Waals surface area contributed by atoms with Gasteiger partial charge in [0.1, 0.15) is 0 Å². The number of amides is 2. The van der Waals surface area contributed by atoms with Gasteiger partial charge >= 0.3 is 0 Å². The smallest absolute Gasteiger partial charge is 0.254 e. The number of benzene rings is 1. The SMILES string of the molecule is Cc1ccc(-c2cc(C(=O)N3CCC(NC(=O)c4ccccc4)CC3)c3cnn(C(C)C)c3n2)s1. The molecule has 5 rings (SSSR count). The Morgan fingerprint density at radius 3 is 2.49 bits per heavy atom. The highest BCUT2D eigenvalue weighted by Gasteiger charge is 2.27. The molecule has 1 fully saturated rings. The van der Waals surface area contributed by atoms with Crippen molar-refractivity contribution in [2.24, 2.45) is 0 Å². The van der Waals surface area contributed by atoms with Crippen LogP contribution in [0.25, 0.3) is 21.6 Å². The molecule has 0 atom stereocenters. The molecule has 1 N–H and O–H groups in total. The van der Waals surface area contributed by atoms with Gasteiger partial charge in [-0.25, -0.2) is 9.67 Å². The van der Waals surface area contributed by atoms with Gasteiger partial charge in [-0.05, 0) is 63.9 Å². The van der Waals surface area contributed by atoms with Gasteiger partial charge in [-0.1, -0.05) is 18.2 Å². The summed E-state index contributed by atoms with van der Waals surface area (Å²) in [5.74, 6) is -0.0775. The van der Waals surface area contributed by atoms with E-state index in [0.29, 0.717) is 24.2 Å². The second-order valence-corrected chi connectivity index (χ2v) is 10.6. The molecule has 180 valence electrons. The van der Waals surface area contributed by atoms with Crippen LogP contribution in [0.15, 0.2) is 54.7 Å². The van der Waals surface area contributed by atoms with Crippen LogP contribution < -0.4 is 5.32 Å². The summed E-state index contributed by atoms with van der Waals surface area (Å²) in [7, 11) is 0. The molecule has 0 spiro atoms. The summed E-state index contributed by atoms with van der Waals surface area (Å²) in [6, 6.07) is 15.5. The molecule has 8 heteroatoms. The highest BCUT2D eigenvalue weighted by molar-refractivity contribution is 7.15. The number of hydrogen-bond acceptors (Lipinski definition) is 5. The lowest BCUT2D eigenvalue weighted by Gasteiger charge is -2.32. The van der Waals surface area contributed by atoms with Gasteiger partial charge in [0.15, 0.2) is 5.65 Å². The largest absolute Gasteiger partial charge is 0.349 e. The van der Waals surface area contributed by atoms with Crippen LogP contribution in [-0.4, -0.2) is 50.6 Å². The molecule has 4 heterocycles. The third-order valence-electron chi connectivity index (χ3n) is 6.43. The fourth-order valence-corrected chi connectivity index (χ4v) is 5.36. The number of carbonyl (C=O) groups is 2. The quantitative estimate of drug-likeness (QED) is 0.426. The standard InChI is InChI=1S/C27H29N5O2S/c1-17(2)32-25-22(16-28-32)21(15-23(30-25)24-10-9-18(3)35-24)27(34)31-13-11-20(12-14-31)29-26(33)19-7-5-4-6-8-19/h4-10,15-17,20H,11-14H2,1-3H3,(H,29,33). The Balaban J connectivity index is 1.37. The first-order chi connectivity index (χ1) is 16.9. The van der Waals surface area contributed by atoms with Crippen molar-refractivity contribution < 1.29 is 9.59 Å². The van der Waals surface area contributed by atoms with Crippen LogP contribution in [0.5, 0.6) is 0 Å². The lowest BCUT2D eigenvalue weighted by atomic mass is 10.0. The number of thiophene rings is 1. The summed E-state index contributed by atoms with van der Waals surface area (Å²) in [4.78, 5) is 35.2. The van der Waals surface area contributed by atoms with E-state index in [9.17, 15) is 9.59 Å². The van der Waals surface area contributed by atoms with Crippen LogP contribution in [-0.2, 0) is 0 Å². The van der Waals surface area contributed by atoms with E-state index in [-0.39, 0.29) is 23.9 Å². The molecule has 0 radical (unpaired) electrons. The lowest BCUT2D eigenvalue weighted by Crippen LogP contribution is -2.46. The zero-order valence-corrected chi connectivity index (χ0v) is 21.0. The average Bonchev–Trinajstić information content (AvgIpc) is 3.50. The molecule has 0 aliphatic carbocycles. The van der Waals surface area contributed by atoms with Crippen LogP contribution in [0.1, 0.15) is 58.3 Å². The monoisotopic (exact) mass is 487 g/mol. The van der Waals surface area contributed by atoms with Crippen LogP contribution in [0.4, 0.5) is 0 Å². The van der Waals surface area contributed by atoms with Crippen molar-refractivity contribution in [3.8, 4) is 10.6 Å². The van der Waals surface area contributed by atoms with Gasteiger partial charge in [0.2, 0.25) is 0 Å². The fraction of sp³-hybridized carbons (Fsp3) is 0.333. The van der Waals surface area contributed by atoms with Crippen LogP contribution >= 0.6 is 11.3 Å². The van der Waals surface area contributed by atoms with Gasteiger partial charge in [-0.15, -0.1) is 11.3 Å². The maximum atomic E-state index is 13.7. The maximum Gasteiger partial charge on any atom is 0.254 e. The summed E-state index contributed by atoms with van der Waals surface area (Å²) in [5.41, 5.74) is 2.82. The topological polar surface area (TPSA) is 80.1 Å². The van der Waals surface area contributed by atoms with Crippen molar-refractivity contribution in [2.45, 2.75) is 45.7 Å². The summed E-state index contributed by atoms with van der Waals surface area (Å²) in [6.07, 6.45) is 3.20. The van der Waals surface area contributed by atoms with Gasteiger partial charge < -0.3 is 10.2 Å². The number of aryl methyl sites for hydroxylation is 1. The van der Waals surface area contributed by atoms with Crippen LogP contribution in [0.3, 0.4) is 0 Å². The van der Waals surface area contributed by atoms with E-state index in [1.807, 2.05) is 46.0 Å². The third kappa shape index (κ3) is 4.71. The van der Waals surface area contributed by atoms with E-state index >= 15 is 0 Å². The van der Waals surface area contributed by atoms with E-state index in [4.69, 9.17) is 4.98 Å². The minimum atomic E-state index is -0.0665. The normalized spacial score (nSPS) is 14.6. The summed E-state index contributed by atoms with van der Waals surface area (Å²) >= 11 is 1.67. The van der Waals surface area contributed by atoms with Crippen molar-refractivity contribution >= 4 is 34.2 Å². The fourth-order valence-electron chi connectivity index (χ4n) is 4.53. The summed E-state index contributed by atoms with van der Waals surface area (Å²) in [6.45, 7) is 7.37. The zero-order valence-electron chi connectivity index (χ0n) is 20.2. The van der Waals surface area contributed by atoms with Crippen LogP contribution in [0, 0.1) is 6.92 Å². The molecule has 1 aromatic carbocycles. The molecule has 3 aromatic heterocycles. The first-order valence-electron chi connectivity index (χ1n) is 12.0. The van der Waals surface area contributed by atoms with Crippen molar-refractivity contribution in [1.29, 1.82) is 0 Å². The molecular weight excluding hydrogens is 458 g/mol. The van der Waals surface area contributed by atoms with Crippen molar-refractivity contribution in [3.05, 3.63) is 70.7 Å². The zero-order chi connectivity index (χ0) is 24.5. The van der Waals surface area contributed by atoms with Crippen LogP contribution in [0.2, 0.25) is 0 Å². The average molecular weight is 488 g/mol. The molecule has 2 amide bonds. The third-order valence-corrected chi connectivity index (χ3v) is 7.46. The Kier molecular flexibility index (Phi) is 6.38. The van der Waals surface area contributed by atoms with E-state index in [1.165, 1.54) is 4.88 Å². The Bertz CT molecular complexity index is 1370. The number of rotatable bonds is 5. The van der Waals surface area contributed by atoms with Gasteiger partial charge in [0.05, 0.1) is 27.7 Å². The van der Waals surface area contributed by atoms with E-state index in [1.54, 1.807) is 17.5 Å². The predicted molar refractivity (Wildman–Crippen MR) is 139 cm³/mol. The number of pyridine rings is 1. The first-order valence-corrected chi connectivity index (χ1v) is 12.8. The van der Waals surface area contributed by atoms with E-state index in [2.05, 4.69) is 43.3 Å². The summed E-state index contributed by atoms with van der Waals surface area (Å²) in [5, 5.41) is 8.43. The molecule has 0 bridgehead atoms. The molecule has 35 heavy (non-hydrogen) atoms. The highest BCUT2D eigenvalue weighted by Crippen LogP contribution is 2.31. The minimum Gasteiger partial charge on any atom is -0.349 e. The Morgan fingerprint density at radius 1 is 1.09 bits per heavy atom. The second kappa shape index (κ2) is 9.62. The summed E-state index contributed by atoms with van der Waals surface area (Å²) < 4.78 is 1.88. The molecule has 1 saturated heterocycles. The maximum absolute atomic E-state index is 13.7. The number of hydrogen-bond donors (Lipinski definition) is 1. The highest BCUT2D eigenvalue weighted by atomic mass is 32.1. The number of fused-ring (bicyclic) bond motifs is 1. The molecule has 0 saturated carbocycles. The van der Waals surface area contributed by atoms with Gasteiger partial charge in [0.25, 0.3) is 11.8 Å². The van der Waals surface area contributed by atoms with Gasteiger partial charge in [-0.3, -0.25) is 9.59 Å². The molecule has 1 aliphatic heterocycles. The number of nitrogens with one attached hydrogen (secondary N) is 1. The Hall–Kier alpha value is -3.52. The van der Waals surface area contributed by atoms with Crippen molar-refractivity contribution in [3.63, 3.8) is 0 Å². The van der Waals surface area contributed by atoms with Gasteiger partial charge in [-0.2, -0.15) is 5.10 Å². The Labute approximate surface area is 208 Å². The second-order valence-electron chi connectivity index (χ2n) is 9.29. The number of piperidine rings is 1. The number of aromatic nitrogens is 3. The molecule has 7 nitrogen and oxygen atoms in total. The molecule has 0 unspecified atom stereocenters. The van der Waals surface area contributed by atoms with Crippen molar-refractivity contribution in [1.82, 2.24) is 25.0 Å². The molecule has 1 aliphatic rings. The van der Waals surface area contributed by atoms with Crippen molar-refractivity contribution in [2.75, 3.05) is 13.1 Å².